The van der Waals surface area contributed by atoms with Crippen LogP contribution in [-0.2, 0) is 4.74 Å². The van der Waals surface area contributed by atoms with Gasteiger partial charge in [-0.25, -0.2) is 9.78 Å². The number of allylic oxidation sites excluding steroid dienone is 3. The molecule has 114 valence electrons. The van der Waals surface area contributed by atoms with Crippen molar-refractivity contribution in [3.05, 3.63) is 35.7 Å². The van der Waals surface area contributed by atoms with Crippen molar-refractivity contribution in [3.63, 3.8) is 0 Å². The number of aromatic nitrogens is 1. The van der Waals surface area contributed by atoms with Crippen molar-refractivity contribution in [2.75, 3.05) is 23.9 Å². The number of carbonyl (C=O) groups excluding carboxylic acids is 1. The number of ether oxygens (including phenoxy) is 1. The van der Waals surface area contributed by atoms with Crippen LogP contribution in [0.1, 0.15) is 12.8 Å². The van der Waals surface area contributed by atoms with Crippen LogP contribution in [0.3, 0.4) is 0 Å². The van der Waals surface area contributed by atoms with Crippen LogP contribution in [-0.4, -0.2) is 23.3 Å². The average Bonchev–Trinajstić information content (AvgIpc) is 2.47. The Balaban J connectivity index is 0.000000235. The zero-order valence-corrected chi connectivity index (χ0v) is 11.7. The molecular formula is C13H19N5O3. The minimum atomic E-state index is -0.600. The van der Waals surface area contributed by atoms with Crippen LogP contribution in [0.15, 0.2) is 35.7 Å². The highest BCUT2D eigenvalue weighted by Crippen LogP contribution is 2.14. The van der Waals surface area contributed by atoms with Crippen LogP contribution in [0.4, 0.5) is 22.1 Å². The molecule has 0 saturated carbocycles. The van der Waals surface area contributed by atoms with E-state index in [9.17, 15) is 4.79 Å². The monoisotopic (exact) mass is 293 g/mol. The van der Waals surface area contributed by atoms with Crippen LogP contribution in [0, 0.1) is 0 Å². The van der Waals surface area contributed by atoms with Crippen molar-refractivity contribution in [1.29, 1.82) is 0 Å². The van der Waals surface area contributed by atoms with Gasteiger partial charge in [-0.3, -0.25) is 5.32 Å². The first kappa shape index (κ1) is 16.2. The summed E-state index contributed by atoms with van der Waals surface area (Å²) in [5, 5.41) is 11.2. The summed E-state index contributed by atoms with van der Waals surface area (Å²) in [6, 6.07) is 3.08. The Bertz CT molecular complexity index is 569. The van der Waals surface area contributed by atoms with E-state index in [-0.39, 0.29) is 5.82 Å². The van der Waals surface area contributed by atoms with E-state index in [2.05, 4.69) is 15.0 Å². The van der Waals surface area contributed by atoms with Gasteiger partial charge in [0.05, 0.1) is 18.5 Å². The van der Waals surface area contributed by atoms with Gasteiger partial charge in [-0.15, -0.1) is 0 Å². The summed E-state index contributed by atoms with van der Waals surface area (Å²) in [6.07, 6.45) is 4.69. The first-order valence-corrected chi connectivity index (χ1v) is 6.15. The number of methoxy groups -OCH3 is 1. The second kappa shape index (κ2) is 7.63. The first-order valence-electron chi connectivity index (χ1n) is 6.15. The molecule has 0 bridgehead atoms. The standard InChI is InChI=1S/C7H10N4O2.C6H9NO/c1-13-7(12)11-5-3-2-4(8)6(9)10-5;7-5-3-1-2-4-6(5)8/h2-3H,8H2,1H3,(H3,9,10,11,12);1,3,8H,2,4,7H2. The molecule has 2 rings (SSSR count). The van der Waals surface area contributed by atoms with E-state index in [1.807, 2.05) is 6.08 Å². The molecule has 0 saturated heterocycles. The normalized spacial score (nSPS) is 13.2. The van der Waals surface area contributed by atoms with Gasteiger partial charge < -0.3 is 27.0 Å². The number of carbonyl (C=O) groups is 1. The molecule has 1 amide bonds. The van der Waals surface area contributed by atoms with E-state index >= 15 is 0 Å². The summed E-state index contributed by atoms with van der Waals surface area (Å²) in [5.41, 5.74) is 17.0. The van der Waals surface area contributed by atoms with Crippen molar-refractivity contribution < 1.29 is 14.6 Å². The number of hydrogen-bond donors (Lipinski definition) is 5. The van der Waals surface area contributed by atoms with Crippen molar-refractivity contribution in [3.8, 4) is 0 Å². The minimum Gasteiger partial charge on any atom is -0.510 e. The molecule has 0 spiro atoms. The van der Waals surface area contributed by atoms with Crippen LogP contribution in [0.25, 0.3) is 0 Å². The summed E-state index contributed by atoms with van der Waals surface area (Å²) in [5.74, 6) is 0.806. The van der Waals surface area contributed by atoms with E-state index in [0.717, 1.165) is 6.42 Å². The summed E-state index contributed by atoms with van der Waals surface area (Å²) in [7, 11) is 1.26. The molecule has 8 heteroatoms. The fourth-order valence-corrected chi connectivity index (χ4v) is 1.38. The number of hydrogen-bond acceptors (Lipinski definition) is 7. The summed E-state index contributed by atoms with van der Waals surface area (Å²) in [6.45, 7) is 0. The van der Waals surface area contributed by atoms with Gasteiger partial charge in [0.15, 0.2) is 0 Å². The minimum absolute atomic E-state index is 0.175. The number of nitrogens with zero attached hydrogens (tertiary/aromatic N) is 1. The third kappa shape index (κ3) is 5.31. The first-order chi connectivity index (χ1) is 9.93. The third-order valence-corrected chi connectivity index (χ3v) is 2.55. The van der Waals surface area contributed by atoms with Crippen molar-refractivity contribution >= 4 is 23.4 Å². The maximum atomic E-state index is 10.7. The number of nitrogens with one attached hydrogen (secondary N) is 1. The van der Waals surface area contributed by atoms with Gasteiger partial charge in [0.25, 0.3) is 0 Å². The molecular weight excluding hydrogens is 274 g/mol. The van der Waals surface area contributed by atoms with E-state index in [0.29, 0.717) is 29.4 Å². The van der Waals surface area contributed by atoms with Gasteiger partial charge in [-0.1, -0.05) is 6.08 Å². The smallest absolute Gasteiger partial charge is 0.412 e. The largest absolute Gasteiger partial charge is 0.510 e. The van der Waals surface area contributed by atoms with Gasteiger partial charge in [0, 0.05) is 6.42 Å². The Hall–Kier alpha value is -2.90. The Labute approximate surface area is 122 Å². The molecule has 21 heavy (non-hydrogen) atoms. The van der Waals surface area contributed by atoms with Crippen LogP contribution in [0.2, 0.25) is 0 Å². The number of nitrogens with two attached hydrogens (primary N) is 3. The second-order valence-electron chi connectivity index (χ2n) is 4.13. The molecule has 1 aliphatic rings. The van der Waals surface area contributed by atoms with Gasteiger partial charge in [0.2, 0.25) is 0 Å². The molecule has 0 aromatic carbocycles. The van der Waals surface area contributed by atoms with Gasteiger partial charge in [0.1, 0.15) is 17.4 Å². The van der Waals surface area contributed by atoms with E-state index in [4.69, 9.17) is 22.3 Å². The lowest BCUT2D eigenvalue weighted by molar-refractivity contribution is 0.187. The summed E-state index contributed by atoms with van der Waals surface area (Å²) < 4.78 is 4.36. The molecule has 0 radical (unpaired) electrons. The topological polar surface area (TPSA) is 150 Å². The molecule has 8 N–H and O–H groups in total. The maximum Gasteiger partial charge on any atom is 0.412 e. The van der Waals surface area contributed by atoms with Crippen molar-refractivity contribution in [2.45, 2.75) is 12.8 Å². The number of aliphatic hydroxyl groups excluding tert-OH is 1. The zero-order valence-electron chi connectivity index (χ0n) is 11.7. The number of anilines is 3. The quantitative estimate of drug-likeness (QED) is 0.526. The highest BCUT2D eigenvalue weighted by atomic mass is 16.5. The van der Waals surface area contributed by atoms with Gasteiger partial charge >= 0.3 is 6.09 Å². The van der Waals surface area contributed by atoms with Crippen LogP contribution >= 0.6 is 0 Å². The molecule has 1 aromatic rings. The second-order valence-corrected chi connectivity index (χ2v) is 4.13. The predicted octanol–water partition coefficient (Wildman–Crippen LogP) is 1.49. The number of pyridine rings is 1. The molecule has 0 fully saturated rings. The Kier molecular flexibility index (Phi) is 5.87. The molecule has 1 aliphatic carbocycles. The number of rotatable bonds is 1. The SMILES string of the molecule is COC(=O)Nc1ccc(N)c(N)n1.NC1=C(O)CCC=C1. The number of amides is 1. The molecule has 1 aromatic heterocycles. The molecule has 0 unspecified atom stereocenters. The Morgan fingerprint density at radius 1 is 1.38 bits per heavy atom. The number of aliphatic hydroxyl groups is 1. The third-order valence-electron chi connectivity index (χ3n) is 2.55. The highest BCUT2D eigenvalue weighted by Gasteiger charge is 2.03. The lowest BCUT2D eigenvalue weighted by atomic mass is 10.1. The maximum absolute atomic E-state index is 10.7. The molecule has 8 nitrogen and oxygen atoms in total. The van der Waals surface area contributed by atoms with E-state index in [1.54, 1.807) is 12.1 Å². The average molecular weight is 293 g/mol. The molecule has 0 atom stereocenters. The molecule has 0 aliphatic heterocycles. The summed E-state index contributed by atoms with van der Waals surface area (Å²) in [4.78, 5) is 14.5. The number of nitrogen functional groups attached to an aromatic ring is 2. The van der Waals surface area contributed by atoms with Gasteiger partial charge in [-0.2, -0.15) is 0 Å². The fourth-order valence-electron chi connectivity index (χ4n) is 1.38. The van der Waals surface area contributed by atoms with E-state index < -0.39 is 6.09 Å². The van der Waals surface area contributed by atoms with Crippen LogP contribution < -0.4 is 22.5 Å². The summed E-state index contributed by atoms with van der Waals surface area (Å²) >= 11 is 0. The Morgan fingerprint density at radius 2 is 2.10 bits per heavy atom. The highest BCUT2D eigenvalue weighted by molar-refractivity contribution is 5.83. The van der Waals surface area contributed by atoms with Crippen molar-refractivity contribution in [1.82, 2.24) is 4.98 Å². The fraction of sp³-hybridized carbons (Fsp3) is 0.231. The van der Waals surface area contributed by atoms with Gasteiger partial charge in [-0.05, 0) is 24.6 Å². The zero-order chi connectivity index (χ0) is 15.8. The van der Waals surface area contributed by atoms with Crippen molar-refractivity contribution in [2.24, 2.45) is 5.73 Å². The lowest BCUT2D eigenvalue weighted by Crippen LogP contribution is -2.12. The van der Waals surface area contributed by atoms with E-state index in [1.165, 1.54) is 13.2 Å². The predicted molar refractivity (Wildman–Crippen MR) is 81.3 cm³/mol. The Morgan fingerprint density at radius 3 is 2.57 bits per heavy atom. The lowest BCUT2D eigenvalue weighted by Gasteiger charge is -2.04. The van der Waals surface area contributed by atoms with Crippen LogP contribution in [0.5, 0.6) is 0 Å². The molecule has 1 heterocycles.